The van der Waals surface area contributed by atoms with E-state index in [9.17, 15) is 9.59 Å². The summed E-state index contributed by atoms with van der Waals surface area (Å²) in [5, 5.41) is 0. The molecule has 2 rings (SSSR count). The molecule has 0 aromatic heterocycles. The highest BCUT2D eigenvalue weighted by molar-refractivity contribution is 6.02. The Balaban J connectivity index is 2.09. The van der Waals surface area contributed by atoms with Crippen LogP contribution in [0.3, 0.4) is 0 Å². The van der Waals surface area contributed by atoms with Gasteiger partial charge in [0.1, 0.15) is 17.3 Å². The van der Waals surface area contributed by atoms with Gasteiger partial charge in [0.15, 0.2) is 0 Å². The number of hydrogen-bond acceptors (Lipinski definition) is 3. The van der Waals surface area contributed by atoms with Crippen molar-refractivity contribution in [2.24, 2.45) is 0 Å². The molecule has 0 atom stereocenters. The zero-order valence-corrected chi connectivity index (χ0v) is 10.8. The van der Waals surface area contributed by atoms with Crippen molar-refractivity contribution in [2.45, 2.75) is 45.1 Å². The lowest BCUT2D eigenvalue weighted by Crippen LogP contribution is -2.21. The highest BCUT2D eigenvalue weighted by atomic mass is 16.5. The molecular weight excluding hydrogens is 228 g/mol. The molecule has 1 aliphatic rings. The Morgan fingerprint density at radius 3 is 2.11 bits per heavy atom. The Morgan fingerprint density at radius 2 is 1.61 bits per heavy atom. The number of ether oxygens (including phenoxy) is 1. The van der Waals surface area contributed by atoms with Crippen LogP contribution in [-0.2, 0) is 9.59 Å². The fourth-order valence-electron chi connectivity index (χ4n) is 2.31. The molecule has 0 spiro atoms. The SMILES string of the molecule is CC(C)Oc1ccc(C2CC(=O)CC(=O)C2)cc1. The summed E-state index contributed by atoms with van der Waals surface area (Å²) < 4.78 is 5.56. The Morgan fingerprint density at radius 1 is 1.06 bits per heavy atom. The summed E-state index contributed by atoms with van der Waals surface area (Å²) in [5.74, 6) is 0.978. The highest BCUT2D eigenvalue weighted by Crippen LogP contribution is 2.30. The van der Waals surface area contributed by atoms with E-state index in [4.69, 9.17) is 4.74 Å². The maximum atomic E-state index is 11.4. The van der Waals surface area contributed by atoms with Gasteiger partial charge in [-0.3, -0.25) is 9.59 Å². The van der Waals surface area contributed by atoms with Gasteiger partial charge in [0.2, 0.25) is 0 Å². The lowest BCUT2D eigenvalue weighted by Gasteiger charge is -2.20. The molecule has 1 aromatic rings. The Labute approximate surface area is 107 Å². The van der Waals surface area contributed by atoms with Crippen molar-refractivity contribution in [3.8, 4) is 5.75 Å². The molecule has 0 saturated heterocycles. The van der Waals surface area contributed by atoms with E-state index in [2.05, 4.69) is 0 Å². The van der Waals surface area contributed by atoms with E-state index in [0.717, 1.165) is 11.3 Å². The summed E-state index contributed by atoms with van der Waals surface area (Å²) in [4.78, 5) is 22.8. The quantitative estimate of drug-likeness (QED) is 0.770. The van der Waals surface area contributed by atoms with Gasteiger partial charge in [0, 0.05) is 12.8 Å². The third kappa shape index (κ3) is 3.19. The summed E-state index contributed by atoms with van der Waals surface area (Å²) in [6.07, 6.45) is 1.23. The molecule has 0 amide bonds. The van der Waals surface area contributed by atoms with Crippen LogP contribution in [0.4, 0.5) is 0 Å². The summed E-state index contributed by atoms with van der Waals surface area (Å²) >= 11 is 0. The molecule has 1 aliphatic carbocycles. The third-order valence-electron chi connectivity index (χ3n) is 3.07. The van der Waals surface area contributed by atoms with Crippen LogP contribution in [0.1, 0.15) is 44.6 Å². The maximum Gasteiger partial charge on any atom is 0.140 e. The van der Waals surface area contributed by atoms with Crippen LogP contribution in [0.5, 0.6) is 5.75 Å². The number of rotatable bonds is 3. The first-order valence-electron chi connectivity index (χ1n) is 6.34. The average molecular weight is 246 g/mol. The van der Waals surface area contributed by atoms with E-state index >= 15 is 0 Å². The largest absolute Gasteiger partial charge is 0.491 e. The highest BCUT2D eigenvalue weighted by Gasteiger charge is 2.26. The van der Waals surface area contributed by atoms with Crippen molar-refractivity contribution in [1.82, 2.24) is 0 Å². The van der Waals surface area contributed by atoms with E-state index in [1.807, 2.05) is 38.1 Å². The van der Waals surface area contributed by atoms with Gasteiger partial charge in [-0.15, -0.1) is 0 Å². The zero-order valence-electron chi connectivity index (χ0n) is 10.8. The summed E-state index contributed by atoms with van der Waals surface area (Å²) in [6, 6.07) is 7.71. The Kier molecular flexibility index (Phi) is 3.80. The number of Topliss-reactive ketones (excluding diaryl/α,β-unsaturated/α-hetero) is 2. The van der Waals surface area contributed by atoms with Gasteiger partial charge in [-0.2, -0.15) is 0 Å². The molecule has 0 bridgehead atoms. The first kappa shape index (κ1) is 12.8. The second kappa shape index (κ2) is 5.34. The maximum absolute atomic E-state index is 11.4. The lowest BCUT2D eigenvalue weighted by molar-refractivity contribution is -0.130. The molecule has 1 saturated carbocycles. The molecule has 0 N–H and O–H groups in total. The molecule has 1 fully saturated rings. The van der Waals surface area contributed by atoms with Crippen molar-refractivity contribution >= 4 is 11.6 Å². The van der Waals surface area contributed by atoms with Gasteiger partial charge in [0.25, 0.3) is 0 Å². The Hall–Kier alpha value is -1.64. The molecule has 0 radical (unpaired) electrons. The number of carbonyl (C=O) groups excluding carboxylic acids is 2. The fourth-order valence-corrected chi connectivity index (χ4v) is 2.31. The molecule has 1 aromatic carbocycles. The van der Waals surface area contributed by atoms with Gasteiger partial charge < -0.3 is 4.74 Å². The fraction of sp³-hybridized carbons (Fsp3) is 0.467. The van der Waals surface area contributed by atoms with Crippen LogP contribution in [0.15, 0.2) is 24.3 Å². The van der Waals surface area contributed by atoms with Crippen molar-refractivity contribution < 1.29 is 14.3 Å². The average Bonchev–Trinajstić information content (AvgIpc) is 2.27. The van der Waals surface area contributed by atoms with Crippen LogP contribution in [0.25, 0.3) is 0 Å². The number of benzene rings is 1. The normalized spacial score (nSPS) is 17.3. The third-order valence-corrected chi connectivity index (χ3v) is 3.07. The smallest absolute Gasteiger partial charge is 0.140 e. The van der Waals surface area contributed by atoms with Crippen molar-refractivity contribution in [3.05, 3.63) is 29.8 Å². The number of carbonyl (C=O) groups is 2. The van der Waals surface area contributed by atoms with E-state index in [1.165, 1.54) is 0 Å². The molecule has 3 heteroatoms. The summed E-state index contributed by atoms with van der Waals surface area (Å²) in [5.41, 5.74) is 1.05. The molecule has 96 valence electrons. The van der Waals surface area contributed by atoms with E-state index in [-0.39, 0.29) is 30.0 Å². The van der Waals surface area contributed by atoms with Crippen LogP contribution in [0.2, 0.25) is 0 Å². The van der Waals surface area contributed by atoms with Gasteiger partial charge in [-0.1, -0.05) is 12.1 Å². The monoisotopic (exact) mass is 246 g/mol. The van der Waals surface area contributed by atoms with Gasteiger partial charge in [-0.05, 0) is 37.5 Å². The molecule has 0 heterocycles. The number of hydrogen-bond donors (Lipinski definition) is 0. The van der Waals surface area contributed by atoms with Crippen molar-refractivity contribution in [1.29, 1.82) is 0 Å². The first-order chi connectivity index (χ1) is 8.54. The number of ketones is 2. The van der Waals surface area contributed by atoms with Crippen LogP contribution in [0, 0.1) is 0 Å². The van der Waals surface area contributed by atoms with Gasteiger partial charge in [-0.25, -0.2) is 0 Å². The van der Waals surface area contributed by atoms with Gasteiger partial charge in [0.05, 0.1) is 12.5 Å². The van der Waals surface area contributed by atoms with Crippen LogP contribution < -0.4 is 4.74 Å². The van der Waals surface area contributed by atoms with Crippen molar-refractivity contribution in [3.63, 3.8) is 0 Å². The summed E-state index contributed by atoms with van der Waals surface area (Å²) in [7, 11) is 0. The lowest BCUT2D eigenvalue weighted by atomic mass is 9.83. The molecule has 0 unspecified atom stereocenters. The first-order valence-corrected chi connectivity index (χ1v) is 6.34. The minimum Gasteiger partial charge on any atom is -0.491 e. The zero-order chi connectivity index (χ0) is 13.1. The minimum absolute atomic E-state index is 0.0480. The molecular formula is C15H18O3. The molecule has 0 aliphatic heterocycles. The second-order valence-electron chi connectivity index (χ2n) is 5.09. The van der Waals surface area contributed by atoms with Crippen molar-refractivity contribution in [2.75, 3.05) is 0 Å². The standard InChI is InChI=1S/C15H18O3/c1-10(2)18-15-5-3-11(4-6-15)12-7-13(16)9-14(17)8-12/h3-6,10,12H,7-9H2,1-2H3. The van der Waals surface area contributed by atoms with Crippen LogP contribution in [-0.4, -0.2) is 17.7 Å². The minimum atomic E-state index is 0.0480. The van der Waals surface area contributed by atoms with E-state index in [1.54, 1.807) is 0 Å². The summed E-state index contributed by atoms with van der Waals surface area (Å²) in [6.45, 7) is 3.96. The second-order valence-corrected chi connectivity index (χ2v) is 5.09. The molecule has 3 nitrogen and oxygen atoms in total. The van der Waals surface area contributed by atoms with E-state index < -0.39 is 0 Å². The van der Waals surface area contributed by atoms with Gasteiger partial charge >= 0.3 is 0 Å². The van der Waals surface area contributed by atoms with Crippen LogP contribution >= 0.6 is 0 Å². The Bertz CT molecular complexity index is 429. The van der Waals surface area contributed by atoms with E-state index in [0.29, 0.717) is 12.8 Å². The molecule has 18 heavy (non-hydrogen) atoms. The topological polar surface area (TPSA) is 43.4 Å². The predicted molar refractivity (Wildman–Crippen MR) is 68.8 cm³/mol. The predicted octanol–water partition coefficient (Wildman–Crippen LogP) is 2.88.